The summed E-state index contributed by atoms with van der Waals surface area (Å²) in [5, 5.41) is 13.8. The molecule has 1 aliphatic heterocycles. The first kappa shape index (κ1) is 25.3. The van der Waals surface area contributed by atoms with Gasteiger partial charge in [-0.2, -0.15) is 8.78 Å². The van der Waals surface area contributed by atoms with E-state index in [1.54, 1.807) is 12.1 Å². The maximum atomic E-state index is 13.8. The van der Waals surface area contributed by atoms with Crippen molar-refractivity contribution in [1.82, 2.24) is 5.32 Å². The molecule has 3 aromatic rings. The van der Waals surface area contributed by atoms with Crippen LogP contribution in [0.1, 0.15) is 37.9 Å². The fourth-order valence-corrected chi connectivity index (χ4v) is 4.71. The molecule has 2 atom stereocenters. The molecule has 1 fully saturated rings. The molecule has 1 amide bonds. The lowest BCUT2D eigenvalue weighted by molar-refractivity contribution is -0.144. The molecule has 1 saturated heterocycles. The van der Waals surface area contributed by atoms with Crippen molar-refractivity contribution >= 4 is 29.2 Å². The number of anilines is 3. The van der Waals surface area contributed by atoms with Gasteiger partial charge in [0.05, 0.1) is 12.1 Å². The quantitative estimate of drug-likeness (QED) is 0.338. The SMILES string of the molecule is CC(F)(F)C(=O)N[C@@H]1[C@@H](c2ccccc2)N(c2ccc(Nc3ccc(F)cc3)c(C=N)c2)CC1(C)C. The van der Waals surface area contributed by atoms with Crippen molar-refractivity contribution in [3.63, 3.8) is 0 Å². The summed E-state index contributed by atoms with van der Waals surface area (Å²) in [6.45, 7) is 4.99. The average molecular weight is 495 g/mol. The number of carbonyl (C=O) groups excluding carboxylic acids is 1. The summed E-state index contributed by atoms with van der Waals surface area (Å²) in [5.41, 5.74) is 3.11. The molecule has 0 spiro atoms. The fourth-order valence-electron chi connectivity index (χ4n) is 4.71. The highest BCUT2D eigenvalue weighted by Crippen LogP contribution is 2.46. The number of rotatable bonds is 7. The Morgan fingerprint density at radius 1 is 1.08 bits per heavy atom. The van der Waals surface area contributed by atoms with E-state index in [0.717, 1.165) is 11.3 Å². The molecule has 3 aromatic carbocycles. The minimum absolute atomic E-state index is 0.339. The second-order valence-electron chi connectivity index (χ2n) is 9.86. The Morgan fingerprint density at radius 3 is 2.36 bits per heavy atom. The molecule has 1 heterocycles. The summed E-state index contributed by atoms with van der Waals surface area (Å²) >= 11 is 0. The number of benzene rings is 3. The normalized spacial score (nSPS) is 19.1. The standard InChI is InChI=1S/C28H29F3N4O/c1-27(2)17-35(24(18-7-5-4-6-8-18)25(27)34-26(36)28(3,30)31)22-13-14-23(19(15-22)16-32)33-21-11-9-20(29)10-12-21/h4-16,24-25,32-33H,17H2,1-3H3,(H,34,36)/t24-,25-/m1/s1. The van der Waals surface area contributed by atoms with Gasteiger partial charge in [0.15, 0.2) is 0 Å². The molecule has 0 saturated carbocycles. The summed E-state index contributed by atoms with van der Waals surface area (Å²) in [5.74, 6) is -5.14. The van der Waals surface area contributed by atoms with Crippen molar-refractivity contribution in [2.75, 3.05) is 16.8 Å². The number of halogens is 3. The molecule has 1 aliphatic rings. The second kappa shape index (κ2) is 9.68. The maximum absolute atomic E-state index is 13.8. The summed E-state index contributed by atoms with van der Waals surface area (Å²) in [7, 11) is 0. The van der Waals surface area contributed by atoms with Crippen molar-refractivity contribution in [3.8, 4) is 0 Å². The highest BCUT2D eigenvalue weighted by molar-refractivity contribution is 5.89. The number of hydrogen-bond donors (Lipinski definition) is 3. The van der Waals surface area contributed by atoms with Gasteiger partial charge in [0.2, 0.25) is 0 Å². The van der Waals surface area contributed by atoms with Crippen molar-refractivity contribution in [1.29, 1.82) is 5.41 Å². The summed E-state index contributed by atoms with van der Waals surface area (Å²) in [4.78, 5) is 14.4. The molecular formula is C28H29F3N4O. The third kappa shape index (κ3) is 5.22. The summed E-state index contributed by atoms with van der Waals surface area (Å²) in [6.07, 6.45) is 1.23. The molecule has 0 unspecified atom stereocenters. The van der Waals surface area contributed by atoms with Crippen LogP contribution in [0.3, 0.4) is 0 Å². The molecule has 0 radical (unpaired) electrons. The van der Waals surface area contributed by atoms with Crippen LogP contribution in [0.25, 0.3) is 0 Å². The van der Waals surface area contributed by atoms with Crippen LogP contribution < -0.4 is 15.5 Å². The molecular weight excluding hydrogens is 465 g/mol. The van der Waals surface area contributed by atoms with Crippen molar-refractivity contribution in [2.45, 2.75) is 38.8 Å². The molecule has 4 rings (SSSR count). The van der Waals surface area contributed by atoms with Crippen molar-refractivity contribution < 1.29 is 18.0 Å². The Bertz CT molecular complexity index is 1240. The number of amides is 1. The molecule has 3 N–H and O–H groups in total. The molecule has 8 heteroatoms. The average Bonchev–Trinajstić information content (AvgIpc) is 3.11. The lowest BCUT2D eigenvalue weighted by Crippen LogP contribution is -2.50. The number of nitrogens with one attached hydrogen (secondary N) is 3. The Balaban J connectivity index is 1.72. The van der Waals surface area contributed by atoms with Crippen LogP contribution in [0.2, 0.25) is 0 Å². The van der Waals surface area contributed by atoms with E-state index in [2.05, 4.69) is 15.5 Å². The second-order valence-corrected chi connectivity index (χ2v) is 9.86. The predicted octanol–water partition coefficient (Wildman–Crippen LogP) is 6.29. The van der Waals surface area contributed by atoms with E-state index in [1.165, 1.54) is 18.3 Å². The van der Waals surface area contributed by atoms with Gasteiger partial charge in [-0.15, -0.1) is 0 Å². The largest absolute Gasteiger partial charge is 0.362 e. The molecule has 0 aromatic heterocycles. The van der Waals surface area contributed by atoms with Crippen LogP contribution in [0, 0.1) is 16.6 Å². The van der Waals surface area contributed by atoms with Gasteiger partial charge in [-0.1, -0.05) is 44.2 Å². The predicted molar refractivity (Wildman–Crippen MR) is 137 cm³/mol. The molecule has 5 nitrogen and oxygen atoms in total. The Kier molecular flexibility index (Phi) is 6.80. The Hall–Kier alpha value is -3.81. The van der Waals surface area contributed by atoms with Crippen LogP contribution in [-0.2, 0) is 4.79 Å². The fraction of sp³-hybridized carbons (Fsp3) is 0.286. The van der Waals surface area contributed by atoms with E-state index in [-0.39, 0.29) is 5.82 Å². The van der Waals surface area contributed by atoms with Crippen molar-refractivity contribution in [2.24, 2.45) is 5.41 Å². The molecule has 36 heavy (non-hydrogen) atoms. The van der Waals surface area contributed by atoms with E-state index in [4.69, 9.17) is 5.41 Å². The number of carbonyl (C=O) groups is 1. The zero-order chi connectivity index (χ0) is 26.1. The minimum atomic E-state index is -3.49. The molecule has 0 aliphatic carbocycles. The van der Waals surface area contributed by atoms with E-state index in [9.17, 15) is 18.0 Å². The minimum Gasteiger partial charge on any atom is -0.362 e. The number of hydrogen-bond acceptors (Lipinski definition) is 4. The van der Waals surface area contributed by atoms with Crippen LogP contribution >= 0.6 is 0 Å². The summed E-state index contributed by atoms with van der Waals surface area (Å²) in [6, 6.07) is 20.0. The zero-order valence-electron chi connectivity index (χ0n) is 20.4. The van der Waals surface area contributed by atoms with Crippen LogP contribution in [-0.4, -0.2) is 30.6 Å². The van der Waals surface area contributed by atoms with Gasteiger partial charge in [-0.05, 0) is 48.0 Å². The van der Waals surface area contributed by atoms with Crippen LogP contribution in [0.4, 0.5) is 30.2 Å². The number of nitrogens with zero attached hydrogens (tertiary/aromatic N) is 1. The van der Waals surface area contributed by atoms with Gasteiger partial charge < -0.3 is 20.9 Å². The van der Waals surface area contributed by atoms with Crippen LogP contribution in [0.5, 0.6) is 0 Å². The van der Waals surface area contributed by atoms with Gasteiger partial charge in [0, 0.05) is 47.7 Å². The lowest BCUT2D eigenvalue weighted by atomic mass is 9.82. The Labute approximate surface area is 208 Å². The van der Waals surface area contributed by atoms with E-state index < -0.39 is 29.3 Å². The maximum Gasteiger partial charge on any atom is 0.321 e. The van der Waals surface area contributed by atoms with Crippen LogP contribution in [0.15, 0.2) is 72.8 Å². The van der Waals surface area contributed by atoms with Gasteiger partial charge in [-0.3, -0.25) is 4.79 Å². The van der Waals surface area contributed by atoms with E-state index >= 15 is 0 Å². The smallest absolute Gasteiger partial charge is 0.321 e. The zero-order valence-corrected chi connectivity index (χ0v) is 20.4. The summed E-state index contributed by atoms with van der Waals surface area (Å²) < 4.78 is 40.9. The first-order chi connectivity index (χ1) is 17.0. The molecule has 188 valence electrons. The van der Waals surface area contributed by atoms with Gasteiger partial charge in [0.25, 0.3) is 5.91 Å². The molecule has 0 bridgehead atoms. The van der Waals surface area contributed by atoms with Gasteiger partial charge in [-0.25, -0.2) is 4.39 Å². The van der Waals surface area contributed by atoms with Crippen molar-refractivity contribution in [3.05, 3.63) is 89.7 Å². The lowest BCUT2D eigenvalue weighted by Gasteiger charge is -2.33. The monoisotopic (exact) mass is 494 g/mol. The highest BCUT2D eigenvalue weighted by atomic mass is 19.3. The third-order valence-electron chi connectivity index (χ3n) is 6.54. The Morgan fingerprint density at radius 2 is 1.75 bits per heavy atom. The third-order valence-corrected chi connectivity index (χ3v) is 6.54. The van der Waals surface area contributed by atoms with Gasteiger partial charge >= 0.3 is 5.92 Å². The van der Waals surface area contributed by atoms with E-state index in [0.29, 0.717) is 30.4 Å². The number of alkyl halides is 2. The van der Waals surface area contributed by atoms with Gasteiger partial charge in [0.1, 0.15) is 5.82 Å². The topological polar surface area (TPSA) is 68.2 Å². The first-order valence-corrected chi connectivity index (χ1v) is 11.7. The highest BCUT2D eigenvalue weighted by Gasteiger charge is 2.50. The van der Waals surface area contributed by atoms with E-state index in [1.807, 2.05) is 62.4 Å². The first-order valence-electron chi connectivity index (χ1n) is 11.7.